The second kappa shape index (κ2) is 7.14. The summed E-state index contributed by atoms with van der Waals surface area (Å²) < 4.78 is 7.10. The van der Waals surface area contributed by atoms with Crippen LogP contribution in [0.25, 0.3) is 17.1 Å². The summed E-state index contributed by atoms with van der Waals surface area (Å²) in [6.45, 7) is 4.83. The molecule has 1 aliphatic heterocycles. The van der Waals surface area contributed by atoms with Gasteiger partial charge in [-0.2, -0.15) is 0 Å². The van der Waals surface area contributed by atoms with Gasteiger partial charge >= 0.3 is 0 Å². The first-order valence-corrected chi connectivity index (χ1v) is 8.81. The molecule has 0 radical (unpaired) electrons. The summed E-state index contributed by atoms with van der Waals surface area (Å²) in [5.41, 5.74) is 2.81. The van der Waals surface area contributed by atoms with Crippen LogP contribution < -0.4 is 10.5 Å². The molecule has 1 aromatic heterocycles. The molecule has 1 saturated heterocycles. The van der Waals surface area contributed by atoms with Gasteiger partial charge in [-0.25, -0.2) is 4.98 Å². The number of aryl methyl sites for hydroxylation is 1. The minimum atomic E-state index is -0.0794. The van der Waals surface area contributed by atoms with Crippen molar-refractivity contribution in [3.8, 4) is 17.1 Å². The van der Waals surface area contributed by atoms with Crippen molar-refractivity contribution in [2.45, 2.75) is 6.92 Å². The zero-order valence-electron chi connectivity index (χ0n) is 14.8. The molecule has 3 aromatic rings. The number of aromatic nitrogens is 2. The van der Waals surface area contributed by atoms with Crippen LogP contribution in [0.2, 0.25) is 0 Å². The molecule has 5 nitrogen and oxygen atoms in total. The molecule has 0 unspecified atom stereocenters. The minimum Gasteiger partial charge on any atom is -0.378 e. The predicted octanol–water partition coefficient (Wildman–Crippen LogP) is 3.04. The van der Waals surface area contributed by atoms with E-state index in [0.717, 1.165) is 29.9 Å². The Balaban J connectivity index is 1.89. The molecule has 2 heterocycles. The van der Waals surface area contributed by atoms with Gasteiger partial charge < -0.3 is 9.64 Å². The van der Waals surface area contributed by atoms with Crippen LogP contribution in [-0.4, -0.2) is 35.9 Å². The summed E-state index contributed by atoms with van der Waals surface area (Å²) in [5.74, 6) is 1.36. The van der Waals surface area contributed by atoms with E-state index >= 15 is 0 Å². The summed E-state index contributed by atoms with van der Waals surface area (Å²) >= 11 is 0. The van der Waals surface area contributed by atoms with E-state index in [0.29, 0.717) is 24.9 Å². The molecule has 1 fully saturated rings. The molecule has 2 aromatic carbocycles. The van der Waals surface area contributed by atoms with Gasteiger partial charge in [0.25, 0.3) is 5.56 Å². The third-order valence-corrected chi connectivity index (χ3v) is 4.56. The first kappa shape index (κ1) is 16.5. The van der Waals surface area contributed by atoms with E-state index in [1.165, 1.54) is 0 Å². The van der Waals surface area contributed by atoms with Crippen molar-refractivity contribution in [1.82, 2.24) is 9.55 Å². The fraction of sp³-hybridized carbons (Fsp3) is 0.238. The van der Waals surface area contributed by atoms with E-state index in [-0.39, 0.29) is 5.56 Å². The zero-order valence-corrected chi connectivity index (χ0v) is 14.8. The third kappa shape index (κ3) is 3.26. The van der Waals surface area contributed by atoms with Crippen LogP contribution in [0.1, 0.15) is 5.56 Å². The second-order valence-electron chi connectivity index (χ2n) is 6.41. The van der Waals surface area contributed by atoms with E-state index in [1.807, 2.05) is 61.5 Å². The molecule has 0 bridgehead atoms. The van der Waals surface area contributed by atoms with Crippen LogP contribution in [-0.2, 0) is 4.74 Å². The molecule has 1 aliphatic rings. The number of hydrogen-bond acceptors (Lipinski definition) is 4. The van der Waals surface area contributed by atoms with Gasteiger partial charge in [-0.05, 0) is 19.1 Å². The minimum absolute atomic E-state index is 0.0794. The average Bonchev–Trinajstić information content (AvgIpc) is 2.70. The normalized spacial score (nSPS) is 14.4. The molecule has 0 saturated carbocycles. The van der Waals surface area contributed by atoms with Crippen LogP contribution in [0.15, 0.2) is 65.5 Å². The number of morpholine rings is 1. The summed E-state index contributed by atoms with van der Waals surface area (Å²) in [7, 11) is 0. The number of ether oxygens (including phenoxy) is 1. The van der Waals surface area contributed by atoms with Gasteiger partial charge in [0, 0.05) is 24.7 Å². The molecule has 0 N–H and O–H groups in total. The van der Waals surface area contributed by atoms with E-state index < -0.39 is 0 Å². The summed E-state index contributed by atoms with van der Waals surface area (Å²) in [6.07, 6.45) is 0. The van der Waals surface area contributed by atoms with Crippen LogP contribution in [0.5, 0.6) is 0 Å². The summed E-state index contributed by atoms with van der Waals surface area (Å²) in [6, 6.07) is 19.4. The van der Waals surface area contributed by atoms with Crippen LogP contribution in [0.3, 0.4) is 0 Å². The highest BCUT2D eigenvalue weighted by Gasteiger charge is 2.18. The monoisotopic (exact) mass is 347 g/mol. The van der Waals surface area contributed by atoms with Gasteiger partial charge in [0.2, 0.25) is 0 Å². The molecule has 4 rings (SSSR count). The van der Waals surface area contributed by atoms with Gasteiger partial charge in [0.1, 0.15) is 11.6 Å². The molecule has 132 valence electrons. The van der Waals surface area contributed by atoms with Crippen molar-refractivity contribution in [3.63, 3.8) is 0 Å². The molecule has 0 atom stereocenters. The highest BCUT2D eigenvalue weighted by molar-refractivity contribution is 5.61. The topological polar surface area (TPSA) is 47.4 Å². The Morgan fingerprint density at radius 3 is 2.35 bits per heavy atom. The fourth-order valence-corrected chi connectivity index (χ4v) is 3.15. The largest absolute Gasteiger partial charge is 0.378 e. The van der Waals surface area contributed by atoms with E-state index in [2.05, 4.69) is 4.90 Å². The molecule has 0 spiro atoms. The Hall–Kier alpha value is -2.92. The van der Waals surface area contributed by atoms with Crippen LogP contribution in [0, 0.1) is 6.92 Å². The van der Waals surface area contributed by atoms with Crippen molar-refractivity contribution < 1.29 is 4.74 Å². The number of nitrogens with zero attached hydrogens (tertiary/aromatic N) is 3. The Morgan fingerprint density at radius 1 is 0.962 bits per heavy atom. The van der Waals surface area contributed by atoms with Crippen LogP contribution >= 0.6 is 0 Å². The highest BCUT2D eigenvalue weighted by Crippen LogP contribution is 2.22. The molecule has 26 heavy (non-hydrogen) atoms. The average molecular weight is 347 g/mol. The van der Waals surface area contributed by atoms with Crippen molar-refractivity contribution in [3.05, 3.63) is 76.6 Å². The van der Waals surface area contributed by atoms with Crippen LogP contribution in [0.4, 0.5) is 5.82 Å². The van der Waals surface area contributed by atoms with Crippen molar-refractivity contribution in [1.29, 1.82) is 0 Å². The van der Waals surface area contributed by atoms with Gasteiger partial charge in [-0.15, -0.1) is 0 Å². The lowest BCUT2D eigenvalue weighted by Gasteiger charge is -2.28. The van der Waals surface area contributed by atoms with E-state index in [9.17, 15) is 4.79 Å². The fourth-order valence-electron chi connectivity index (χ4n) is 3.15. The number of benzene rings is 2. The number of rotatable bonds is 3. The van der Waals surface area contributed by atoms with Gasteiger partial charge in [0.05, 0.1) is 18.9 Å². The van der Waals surface area contributed by atoms with Gasteiger partial charge in [-0.1, -0.05) is 48.0 Å². The highest BCUT2D eigenvalue weighted by atomic mass is 16.5. The van der Waals surface area contributed by atoms with E-state index in [1.54, 1.807) is 10.6 Å². The smallest absolute Gasteiger partial charge is 0.260 e. The Kier molecular flexibility index (Phi) is 4.54. The lowest BCUT2D eigenvalue weighted by atomic mass is 10.2. The molecular weight excluding hydrogens is 326 g/mol. The molecular formula is C21H21N3O2. The maximum atomic E-state index is 13.0. The maximum Gasteiger partial charge on any atom is 0.260 e. The third-order valence-electron chi connectivity index (χ3n) is 4.56. The van der Waals surface area contributed by atoms with Crippen molar-refractivity contribution >= 4 is 5.82 Å². The molecule has 0 amide bonds. The Labute approximate surface area is 152 Å². The quantitative estimate of drug-likeness (QED) is 0.731. The van der Waals surface area contributed by atoms with Gasteiger partial charge in [-0.3, -0.25) is 9.36 Å². The SMILES string of the molecule is Cc1ccc(-n2c(-c3ccccc3)nc(N3CCOCC3)cc2=O)cc1. The Bertz CT molecular complexity index is 943. The number of anilines is 1. The van der Waals surface area contributed by atoms with Crippen molar-refractivity contribution in [2.24, 2.45) is 0 Å². The zero-order chi connectivity index (χ0) is 17.9. The van der Waals surface area contributed by atoms with Crippen molar-refractivity contribution in [2.75, 3.05) is 31.2 Å². The lowest BCUT2D eigenvalue weighted by Crippen LogP contribution is -2.38. The summed E-state index contributed by atoms with van der Waals surface area (Å²) in [4.78, 5) is 20.0. The van der Waals surface area contributed by atoms with Gasteiger partial charge in [0.15, 0.2) is 0 Å². The van der Waals surface area contributed by atoms with E-state index in [4.69, 9.17) is 9.72 Å². The molecule has 5 heteroatoms. The Morgan fingerprint density at radius 2 is 1.65 bits per heavy atom. The molecule has 0 aliphatic carbocycles. The second-order valence-corrected chi connectivity index (χ2v) is 6.41. The summed E-state index contributed by atoms with van der Waals surface area (Å²) in [5, 5.41) is 0. The maximum absolute atomic E-state index is 13.0. The standard InChI is InChI=1S/C21H21N3O2/c1-16-7-9-18(10-8-16)24-20(25)15-19(23-11-13-26-14-12-23)22-21(24)17-5-3-2-4-6-17/h2-10,15H,11-14H2,1H3. The number of hydrogen-bond donors (Lipinski definition) is 0. The predicted molar refractivity (Wildman–Crippen MR) is 103 cm³/mol. The first-order valence-electron chi connectivity index (χ1n) is 8.81. The first-order chi connectivity index (χ1) is 12.7. The lowest BCUT2D eigenvalue weighted by molar-refractivity contribution is 0.122.